The molecule has 3 heteroatoms. The van der Waals surface area contributed by atoms with Gasteiger partial charge in [0, 0.05) is 5.02 Å². The minimum Gasteiger partial charge on any atom is -0.384 e. The average molecular weight is 265 g/mol. The molecule has 1 atom stereocenters. The highest BCUT2D eigenvalue weighted by Crippen LogP contribution is 2.28. The number of aryl methyl sites for hydroxylation is 2. The normalized spacial score (nSPS) is 12.5. The molecule has 0 aromatic heterocycles. The van der Waals surface area contributed by atoms with Crippen molar-refractivity contribution in [2.45, 2.75) is 20.0 Å². The summed E-state index contributed by atoms with van der Waals surface area (Å²) < 4.78 is 13.2. The molecule has 0 saturated carbocycles. The molecule has 0 saturated heterocycles. The quantitative estimate of drug-likeness (QED) is 0.863. The summed E-state index contributed by atoms with van der Waals surface area (Å²) in [6.45, 7) is 3.58. The van der Waals surface area contributed by atoms with Gasteiger partial charge >= 0.3 is 0 Å². The molecule has 0 amide bonds. The lowest BCUT2D eigenvalue weighted by atomic mass is 9.96. The topological polar surface area (TPSA) is 20.2 Å². The maximum absolute atomic E-state index is 13.2. The van der Waals surface area contributed by atoms with Gasteiger partial charge in [0.25, 0.3) is 0 Å². The lowest BCUT2D eigenvalue weighted by Crippen LogP contribution is -2.03. The lowest BCUT2D eigenvalue weighted by molar-refractivity contribution is 0.219. The molecule has 1 nitrogen and oxygen atoms in total. The van der Waals surface area contributed by atoms with Crippen LogP contribution in [0.25, 0.3) is 0 Å². The number of hydrogen-bond acceptors (Lipinski definition) is 1. The van der Waals surface area contributed by atoms with Crippen molar-refractivity contribution in [3.63, 3.8) is 0 Å². The second-order valence-electron chi connectivity index (χ2n) is 4.41. The summed E-state index contributed by atoms with van der Waals surface area (Å²) in [4.78, 5) is 0. The van der Waals surface area contributed by atoms with Crippen molar-refractivity contribution in [1.29, 1.82) is 0 Å². The SMILES string of the molecule is Cc1cc(C(O)c2cc(Cl)ccc2C)ccc1F. The summed E-state index contributed by atoms with van der Waals surface area (Å²) in [5.41, 5.74) is 2.88. The molecule has 2 aromatic carbocycles. The van der Waals surface area contributed by atoms with Crippen LogP contribution < -0.4 is 0 Å². The molecule has 0 heterocycles. The zero-order valence-corrected chi connectivity index (χ0v) is 11.0. The zero-order valence-electron chi connectivity index (χ0n) is 10.2. The molecule has 2 rings (SSSR count). The number of hydrogen-bond donors (Lipinski definition) is 1. The Balaban J connectivity index is 2.44. The van der Waals surface area contributed by atoms with Gasteiger partial charge in [-0.25, -0.2) is 4.39 Å². The van der Waals surface area contributed by atoms with Crippen LogP contribution in [-0.2, 0) is 0 Å². The van der Waals surface area contributed by atoms with Crippen LogP contribution in [0.4, 0.5) is 4.39 Å². The highest BCUT2D eigenvalue weighted by Gasteiger charge is 2.14. The number of aliphatic hydroxyl groups excluding tert-OH is 1. The number of benzene rings is 2. The van der Waals surface area contributed by atoms with Crippen LogP contribution in [-0.4, -0.2) is 5.11 Å². The first-order valence-electron chi connectivity index (χ1n) is 5.69. The van der Waals surface area contributed by atoms with Crippen molar-refractivity contribution >= 4 is 11.6 Å². The predicted octanol–water partition coefficient (Wildman–Crippen LogP) is 4.18. The van der Waals surface area contributed by atoms with Gasteiger partial charge in [0.05, 0.1) is 0 Å². The van der Waals surface area contributed by atoms with E-state index >= 15 is 0 Å². The highest BCUT2D eigenvalue weighted by molar-refractivity contribution is 6.30. The Morgan fingerprint density at radius 1 is 1.06 bits per heavy atom. The van der Waals surface area contributed by atoms with Gasteiger partial charge in [-0.15, -0.1) is 0 Å². The van der Waals surface area contributed by atoms with Crippen LogP contribution in [0.2, 0.25) is 5.02 Å². The van der Waals surface area contributed by atoms with Gasteiger partial charge in [0.2, 0.25) is 0 Å². The third-order valence-corrected chi connectivity index (χ3v) is 3.27. The Bertz CT molecular complexity index is 581. The molecular weight excluding hydrogens is 251 g/mol. The molecule has 0 fully saturated rings. The van der Waals surface area contributed by atoms with E-state index in [1.54, 1.807) is 31.2 Å². The molecule has 1 unspecified atom stereocenters. The van der Waals surface area contributed by atoms with Crippen LogP contribution >= 0.6 is 11.6 Å². The van der Waals surface area contributed by atoms with Crippen molar-refractivity contribution in [2.24, 2.45) is 0 Å². The smallest absolute Gasteiger partial charge is 0.126 e. The number of rotatable bonds is 2. The van der Waals surface area contributed by atoms with Gasteiger partial charge in [0.15, 0.2) is 0 Å². The minimum atomic E-state index is -0.789. The molecule has 0 aliphatic heterocycles. The first kappa shape index (κ1) is 13.1. The molecule has 0 aliphatic rings. The second-order valence-corrected chi connectivity index (χ2v) is 4.85. The predicted molar refractivity (Wildman–Crippen MR) is 71.4 cm³/mol. The van der Waals surface area contributed by atoms with E-state index < -0.39 is 6.10 Å². The van der Waals surface area contributed by atoms with Crippen molar-refractivity contribution in [2.75, 3.05) is 0 Å². The summed E-state index contributed by atoms with van der Waals surface area (Å²) in [5, 5.41) is 10.9. The fourth-order valence-electron chi connectivity index (χ4n) is 1.92. The monoisotopic (exact) mass is 264 g/mol. The van der Waals surface area contributed by atoms with Gasteiger partial charge in [-0.2, -0.15) is 0 Å². The highest BCUT2D eigenvalue weighted by atomic mass is 35.5. The van der Waals surface area contributed by atoms with E-state index in [-0.39, 0.29) is 5.82 Å². The van der Waals surface area contributed by atoms with Gasteiger partial charge in [-0.05, 0) is 54.3 Å². The van der Waals surface area contributed by atoms with Crippen LogP contribution in [0.1, 0.15) is 28.4 Å². The largest absolute Gasteiger partial charge is 0.384 e. The number of halogens is 2. The Morgan fingerprint density at radius 2 is 1.78 bits per heavy atom. The van der Waals surface area contributed by atoms with Crippen molar-refractivity contribution in [1.82, 2.24) is 0 Å². The van der Waals surface area contributed by atoms with E-state index in [4.69, 9.17) is 11.6 Å². The summed E-state index contributed by atoms with van der Waals surface area (Å²) >= 11 is 5.93. The van der Waals surface area contributed by atoms with Crippen LogP contribution in [0, 0.1) is 19.7 Å². The van der Waals surface area contributed by atoms with Crippen LogP contribution in [0.3, 0.4) is 0 Å². The first-order valence-corrected chi connectivity index (χ1v) is 6.07. The number of aliphatic hydroxyl groups is 1. The molecule has 0 aliphatic carbocycles. The van der Waals surface area contributed by atoms with E-state index in [1.165, 1.54) is 6.07 Å². The van der Waals surface area contributed by atoms with Crippen LogP contribution in [0.5, 0.6) is 0 Å². The summed E-state index contributed by atoms with van der Waals surface area (Å²) in [7, 11) is 0. The fraction of sp³-hybridized carbons (Fsp3) is 0.200. The van der Waals surface area contributed by atoms with Gasteiger partial charge in [0.1, 0.15) is 11.9 Å². The Kier molecular flexibility index (Phi) is 3.69. The standard InChI is InChI=1S/C15H14ClFO/c1-9-3-5-12(16)8-13(9)15(18)11-4-6-14(17)10(2)7-11/h3-8,15,18H,1-2H3. The van der Waals surface area contributed by atoms with E-state index in [0.29, 0.717) is 16.1 Å². The van der Waals surface area contributed by atoms with Crippen molar-refractivity contribution in [3.05, 3.63) is 69.5 Å². The molecule has 0 spiro atoms. The maximum atomic E-state index is 13.2. The summed E-state index contributed by atoms with van der Waals surface area (Å²) in [5.74, 6) is -0.270. The molecule has 0 radical (unpaired) electrons. The zero-order chi connectivity index (χ0) is 13.3. The third-order valence-electron chi connectivity index (χ3n) is 3.03. The minimum absolute atomic E-state index is 0.270. The summed E-state index contributed by atoms with van der Waals surface area (Å²) in [6.07, 6.45) is -0.789. The van der Waals surface area contributed by atoms with E-state index in [9.17, 15) is 9.50 Å². The van der Waals surface area contributed by atoms with Crippen molar-refractivity contribution in [3.8, 4) is 0 Å². The summed E-state index contributed by atoms with van der Waals surface area (Å²) in [6, 6.07) is 9.99. The van der Waals surface area contributed by atoms with Gasteiger partial charge in [-0.3, -0.25) is 0 Å². The van der Waals surface area contributed by atoms with Crippen molar-refractivity contribution < 1.29 is 9.50 Å². The van der Waals surface area contributed by atoms with E-state index in [1.807, 2.05) is 13.0 Å². The molecule has 0 bridgehead atoms. The first-order chi connectivity index (χ1) is 8.49. The molecule has 18 heavy (non-hydrogen) atoms. The molecule has 94 valence electrons. The van der Waals surface area contributed by atoms with Gasteiger partial charge < -0.3 is 5.11 Å². The second kappa shape index (κ2) is 5.09. The fourth-order valence-corrected chi connectivity index (χ4v) is 2.10. The maximum Gasteiger partial charge on any atom is 0.126 e. The third kappa shape index (κ3) is 2.55. The van der Waals surface area contributed by atoms with E-state index in [0.717, 1.165) is 11.1 Å². The van der Waals surface area contributed by atoms with Gasteiger partial charge in [-0.1, -0.05) is 29.8 Å². The molecular formula is C15H14ClFO. The van der Waals surface area contributed by atoms with Crippen LogP contribution in [0.15, 0.2) is 36.4 Å². The molecule has 1 N–H and O–H groups in total. The lowest BCUT2D eigenvalue weighted by Gasteiger charge is -2.15. The molecule has 2 aromatic rings. The average Bonchev–Trinajstić information content (AvgIpc) is 2.35. The Morgan fingerprint density at radius 3 is 2.44 bits per heavy atom. The Hall–Kier alpha value is -1.38. The Labute approximate surface area is 111 Å². The van der Waals surface area contributed by atoms with E-state index in [2.05, 4.69) is 0 Å².